The highest BCUT2D eigenvalue weighted by Gasteiger charge is 2.23. The van der Waals surface area contributed by atoms with E-state index in [2.05, 4.69) is 4.98 Å². The molecular formula is C10H11ClN2O2. The summed E-state index contributed by atoms with van der Waals surface area (Å²) in [5.41, 5.74) is 1.18. The van der Waals surface area contributed by atoms with E-state index < -0.39 is 0 Å². The van der Waals surface area contributed by atoms with Crippen LogP contribution < -0.4 is 0 Å². The lowest BCUT2D eigenvalue weighted by molar-refractivity contribution is -0.0768. The minimum atomic E-state index is -0.218. The fraction of sp³-hybridized carbons (Fsp3) is 0.400. The van der Waals surface area contributed by atoms with Crippen molar-refractivity contribution in [3.8, 4) is 0 Å². The van der Waals surface area contributed by atoms with Crippen LogP contribution in [0.4, 0.5) is 0 Å². The fourth-order valence-electron chi connectivity index (χ4n) is 1.43. The molecule has 0 aromatic carbocycles. The molecule has 5 heteroatoms. The van der Waals surface area contributed by atoms with Crippen LogP contribution in [-0.4, -0.2) is 29.1 Å². The highest BCUT2D eigenvalue weighted by Crippen LogP contribution is 2.19. The van der Waals surface area contributed by atoms with Crippen molar-refractivity contribution < 1.29 is 9.63 Å². The van der Waals surface area contributed by atoms with Crippen LogP contribution in [0, 0.1) is 6.92 Å². The van der Waals surface area contributed by atoms with Crippen molar-refractivity contribution in [3.63, 3.8) is 0 Å². The number of hydrogen-bond acceptors (Lipinski definition) is 3. The highest BCUT2D eigenvalue weighted by molar-refractivity contribution is 6.33. The Balaban J connectivity index is 2.24. The number of pyridine rings is 1. The molecule has 0 saturated carbocycles. The summed E-state index contributed by atoms with van der Waals surface area (Å²) >= 11 is 5.96. The summed E-state index contributed by atoms with van der Waals surface area (Å²) < 4.78 is 0. The van der Waals surface area contributed by atoms with E-state index in [4.69, 9.17) is 16.4 Å². The molecule has 80 valence electrons. The molecule has 2 rings (SSSR count). The zero-order valence-corrected chi connectivity index (χ0v) is 9.12. The molecule has 1 aromatic rings. The van der Waals surface area contributed by atoms with Crippen molar-refractivity contribution in [1.82, 2.24) is 10.0 Å². The predicted octanol–water partition coefficient (Wildman–Crippen LogP) is 1.82. The van der Waals surface area contributed by atoms with Crippen molar-refractivity contribution in [2.24, 2.45) is 0 Å². The van der Waals surface area contributed by atoms with E-state index >= 15 is 0 Å². The molecular weight excluding hydrogens is 216 g/mol. The van der Waals surface area contributed by atoms with Crippen molar-refractivity contribution in [1.29, 1.82) is 0 Å². The lowest BCUT2D eigenvalue weighted by Crippen LogP contribution is -2.26. The topological polar surface area (TPSA) is 42.4 Å². The van der Waals surface area contributed by atoms with Crippen LogP contribution in [0.15, 0.2) is 12.3 Å². The van der Waals surface area contributed by atoms with Gasteiger partial charge in [-0.1, -0.05) is 11.6 Å². The van der Waals surface area contributed by atoms with Gasteiger partial charge in [-0.25, -0.2) is 5.06 Å². The fourth-order valence-corrected chi connectivity index (χ4v) is 1.71. The number of nitrogens with zero attached hydrogens (tertiary/aromatic N) is 2. The number of hydrogen-bond donors (Lipinski definition) is 0. The number of halogens is 1. The summed E-state index contributed by atoms with van der Waals surface area (Å²) in [6.45, 7) is 3.03. The summed E-state index contributed by atoms with van der Waals surface area (Å²) in [6, 6.07) is 1.67. The van der Waals surface area contributed by atoms with Gasteiger partial charge in [-0.3, -0.25) is 14.6 Å². The van der Waals surface area contributed by atoms with Gasteiger partial charge in [0.05, 0.1) is 23.7 Å². The van der Waals surface area contributed by atoms with Crippen LogP contribution in [0.2, 0.25) is 5.02 Å². The highest BCUT2D eigenvalue weighted by atomic mass is 35.5. The van der Waals surface area contributed by atoms with Crippen molar-refractivity contribution in [2.45, 2.75) is 13.3 Å². The zero-order valence-electron chi connectivity index (χ0n) is 8.36. The Labute approximate surface area is 92.8 Å². The zero-order chi connectivity index (χ0) is 10.8. The van der Waals surface area contributed by atoms with Gasteiger partial charge in [0.2, 0.25) is 0 Å². The SMILES string of the molecule is Cc1cc(Cl)c(C(=O)N2CCCO2)cn1. The molecule has 1 aliphatic rings. The molecule has 0 spiro atoms. The molecule has 1 saturated heterocycles. The minimum absolute atomic E-state index is 0.218. The van der Waals surface area contributed by atoms with Crippen LogP contribution in [0.1, 0.15) is 22.5 Å². The maximum absolute atomic E-state index is 11.9. The maximum Gasteiger partial charge on any atom is 0.280 e. The molecule has 0 N–H and O–H groups in total. The van der Waals surface area contributed by atoms with Crippen LogP contribution in [0.3, 0.4) is 0 Å². The smallest absolute Gasteiger partial charge is 0.271 e. The average molecular weight is 227 g/mol. The lowest BCUT2D eigenvalue weighted by Gasteiger charge is -2.14. The van der Waals surface area contributed by atoms with Gasteiger partial charge >= 0.3 is 0 Å². The second-order valence-corrected chi connectivity index (χ2v) is 3.81. The summed E-state index contributed by atoms with van der Waals surface area (Å²) in [5.74, 6) is -0.218. The van der Waals surface area contributed by atoms with Crippen molar-refractivity contribution in [3.05, 3.63) is 28.5 Å². The first-order chi connectivity index (χ1) is 7.18. The number of carbonyl (C=O) groups is 1. The standard InChI is InChI=1S/C10H11ClN2O2/c1-7-5-9(11)8(6-12-7)10(14)13-3-2-4-15-13/h5-6H,2-4H2,1H3. The van der Waals surface area contributed by atoms with E-state index in [-0.39, 0.29) is 5.91 Å². The third kappa shape index (κ3) is 2.11. The largest absolute Gasteiger partial charge is 0.280 e. The second kappa shape index (κ2) is 4.16. The van der Waals surface area contributed by atoms with Gasteiger partial charge in [0, 0.05) is 11.9 Å². The van der Waals surface area contributed by atoms with E-state index in [1.54, 1.807) is 6.07 Å². The second-order valence-electron chi connectivity index (χ2n) is 3.40. The number of aryl methyl sites for hydroxylation is 1. The Bertz CT molecular complexity index is 389. The summed E-state index contributed by atoms with van der Waals surface area (Å²) in [4.78, 5) is 21.1. The molecule has 4 nitrogen and oxygen atoms in total. The van der Waals surface area contributed by atoms with Gasteiger partial charge in [0.15, 0.2) is 0 Å². The molecule has 1 amide bonds. The first-order valence-electron chi connectivity index (χ1n) is 4.75. The average Bonchev–Trinajstić information content (AvgIpc) is 2.69. The number of hydroxylamine groups is 2. The van der Waals surface area contributed by atoms with E-state index in [9.17, 15) is 4.79 Å². The van der Waals surface area contributed by atoms with Crippen molar-refractivity contribution in [2.75, 3.05) is 13.2 Å². The molecule has 1 fully saturated rings. The predicted molar refractivity (Wildman–Crippen MR) is 55.6 cm³/mol. The Morgan fingerprint density at radius 2 is 2.47 bits per heavy atom. The van der Waals surface area contributed by atoms with Gasteiger partial charge in [0.1, 0.15) is 0 Å². The Kier molecular flexibility index (Phi) is 2.88. The maximum atomic E-state index is 11.9. The number of aromatic nitrogens is 1. The molecule has 0 atom stereocenters. The first kappa shape index (κ1) is 10.4. The normalized spacial score (nSPS) is 15.7. The molecule has 0 radical (unpaired) electrons. The van der Waals surface area contributed by atoms with Gasteiger partial charge in [-0.05, 0) is 19.4 Å². The number of amides is 1. The van der Waals surface area contributed by atoms with Crippen LogP contribution in [0.25, 0.3) is 0 Å². The Morgan fingerprint density at radius 1 is 1.67 bits per heavy atom. The molecule has 0 aliphatic carbocycles. The summed E-state index contributed by atoms with van der Waals surface area (Å²) in [7, 11) is 0. The van der Waals surface area contributed by atoms with Gasteiger partial charge in [-0.15, -0.1) is 0 Å². The van der Waals surface area contributed by atoms with Crippen LogP contribution in [0.5, 0.6) is 0 Å². The number of carbonyl (C=O) groups excluding carboxylic acids is 1. The quantitative estimate of drug-likeness (QED) is 0.734. The van der Waals surface area contributed by atoms with E-state index in [0.29, 0.717) is 23.7 Å². The minimum Gasteiger partial charge on any atom is -0.271 e. The Morgan fingerprint density at radius 3 is 3.07 bits per heavy atom. The third-order valence-corrected chi connectivity index (χ3v) is 2.51. The first-order valence-corrected chi connectivity index (χ1v) is 5.13. The summed E-state index contributed by atoms with van der Waals surface area (Å²) in [6.07, 6.45) is 2.35. The van der Waals surface area contributed by atoms with Crippen molar-refractivity contribution >= 4 is 17.5 Å². The molecule has 0 bridgehead atoms. The molecule has 0 unspecified atom stereocenters. The molecule has 15 heavy (non-hydrogen) atoms. The van der Waals surface area contributed by atoms with Crippen LogP contribution in [-0.2, 0) is 4.84 Å². The third-order valence-electron chi connectivity index (χ3n) is 2.20. The van der Waals surface area contributed by atoms with Gasteiger partial charge in [0.25, 0.3) is 5.91 Å². The summed E-state index contributed by atoms with van der Waals surface area (Å²) in [5, 5.41) is 1.75. The molecule has 1 aromatic heterocycles. The number of rotatable bonds is 1. The van der Waals surface area contributed by atoms with Crippen LogP contribution >= 0.6 is 11.6 Å². The lowest BCUT2D eigenvalue weighted by atomic mass is 10.2. The Hall–Kier alpha value is -1.13. The van der Waals surface area contributed by atoms with E-state index in [0.717, 1.165) is 12.1 Å². The van der Waals surface area contributed by atoms with Gasteiger partial charge in [-0.2, -0.15) is 0 Å². The molecule has 1 aliphatic heterocycles. The monoisotopic (exact) mass is 226 g/mol. The van der Waals surface area contributed by atoms with Gasteiger partial charge < -0.3 is 0 Å². The van der Waals surface area contributed by atoms with E-state index in [1.807, 2.05) is 6.92 Å². The van der Waals surface area contributed by atoms with E-state index in [1.165, 1.54) is 11.3 Å². The molecule has 2 heterocycles.